The van der Waals surface area contributed by atoms with E-state index in [0.29, 0.717) is 34.9 Å². The molecule has 0 spiro atoms. The van der Waals surface area contributed by atoms with Crippen molar-refractivity contribution in [1.29, 1.82) is 0 Å². The summed E-state index contributed by atoms with van der Waals surface area (Å²) in [6, 6.07) is 10.8. The molecule has 144 valence electrons. The molecule has 0 aliphatic rings. The summed E-state index contributed by atoms with van der Waals surface area (Å²) in [6.07, 6.45) is 1.38. The lowest BCUT2D eigenvalue weighted by Gasteiger charge is -2.15. The Hall–Kier alpha value is -2.73. The van der Waals surface area contributed by atoms with Gasteiger partial charge in [0.2, 0.25) is 5.91 Å². The van der Waals surface area contributed by atoms with Crippen LogP contribution in [0, 0.1) is 0 Å². The van der Waals surface area contributed by atoms with Gasteiger partial charge in [0.1, 0.15) is 11.5 Å². The molecule has 0 saturated carbocycles. The fraction of sp³-hybridized carbons (Fsp3) is 0.300. The number of hydrogen-bond acceptors (Lipinski definition) is 4. The van der Waals surface area contributed by atoms with Crippen molar-refractivity contribution in [1.82, 2.24) is 5.32 Å². The number of carbonyl (C=O) groups excluding carboxylic acids is 1. The van der Waals surface area contributed by atoms with Crippen LogP contribution in [0.3, 0.4) is 0 Å². The summed E-state index contributed by atoms with van der Waals surface area (Å²) in [7, 11) is 3.16. The molecule has 0 radical (unpaired) electrons. The van der Waals surface area contributed by atoms with E-state index in [1.54, 1.807) is 44.6 Å². The van der Waals surface area contributed by atoms with Gasteiger partial charge in [0.25, 0.3) is 0 Å². The van der Waals surface area contributed by atoms with E-state index >= 15 is 0 Å². The third-order valence-electron chi connectivity index (χ3n) is 4.10. The van der Waals surface area contributed by atoms with Crippen molar-refractivity contribution >= 4 is 23.5 Å². The summed E-state index contributed by atoms with van der Waals surface area (Å²) in [6.45, 7) is 0. The number of halogens is 1. The fourth-order valence-electron chi connectivity index (χ4n) is 2.67. The Balaban J connectivity index is 1.93. The van der Waals surface area contributed by atoms with E-state index in [4.69, 9.17) is 21.1 Å². The fourth-order valence-corrected chi connectivity index (χ4v) is 2.80. The molecule has 1 atom stereocenters. The number of carbonyl (C=O) groups is 2. The first-order chi connectivity index (χ1) is 12.9. The second kappa shape index (κ2) is 9.83. The van der Waals surface area contributed by atoms with Gasteiger partial charge in [-0.05, 0) is 42.2 Å². The number of carboxylic acids is 1. The van der Waals surface area contributed by atoms with Gasteiger partial charge in [-0.15, -0.1) is 0 Å². The number of aliphatic carboxylic acids is 1. The molecule has 7 heteroatoms. The standard InChI is InChI=1S/C20H22ClNO5/c1-26-16-11-8-13(17(12-16)27-2)4-3-5-18(23)22-19(20(24)25)14-6-9-15(21)10-7-14/h6-12,19H,3-5H2,1-2H3,(H,22,23)(H,24,25). The Labute approximate surface area is 163 Å². The third kappa shape index (κ3) is 5.89. The lowest BCUT2D eigenvalue weighted by atomic mass is 10.0. The zero-order valence-electron chi connectivity index (χ0n) is 15.2. The van der Waals surface area contributed by atoms with Gasteiger partial charge in [-0.2, -0.15) is 0 Å². The predicted molar refractivity (Wildman–Crippen MR) is 102 cm³/mol. The lowest BCUT2D eigenvalue weighted by Crippen LogP contribution is -2.33. The summed E-state index contributed by atoms with van der Waals surface area (Å²) >= 11 is 5.82. The number of nitrogens with one attached hydrogen (secondary N) is 1. The van der Waals surface area contributed by atoms with Crippen molar-refractivity contribution in [3.8, 4) is 11.5 Å². The average molecular weight is 392 g/mol. The minimum atomic E-state index is -1.12. The Morgan fingerprint density at radius 1 is 1.11 bits per heavy atom. The van der Waals surface area contributed by atoms with E-state index < -0.39 is 12.0 Å². The molecule has 0 aliphatic heterocycles. The average Bonchev–Trinajstić information content (AvgIpc) is 2.67. The molecule has 2 rings (SSSR count). The van der Waals surface area contributed by atoms with E-state index in [1.165, 1.54) is 0 Å². The highest BCUT2D eigenvalue weighted by Crippen LogP contribution is 2.26. The molecule has 6 nitrogen and oxygen atoms in total. The quantitative estimate of drug-likeness (QED) is 0.682. The van der Waals surface area contributed by atoms with Gasteiger partial charge in [-0.3, -0.25) is 4.79 Å². The zero-order chi connectivity index (χ0) is 19.8. The van der Waals surface area contributed by atoms with Crippen molar-refractivity contribution in [3.05, 3.63) is 58.6 Å². The first kappa shape index (κ1) is 20.6. The summed E-state index contributed by atoms with van der Waals surface area (Å²) in [5.41, 5.74) is 1.43. The maximum atomic E-state index is 12.2. The van der Waals surface area contributed by atoms with Gasteiger partial charge < -0.3 is 19.9 Å². The number of carboxylic acid groups (broad SMARTS) is 1. The maximum absolute atomic E-state index is 12.2. The number of hydrogen-bond donors (Lipinski definition) is 2. The first-order valence-corrected chi connectivity index (χ1v) is 8.81. The topological polar surface area (TPSA) is 84.9 Å². The highest BCUT2D eigenvalue weighted by molar-refractivity contribution is 6.30. The first-order valence-electron chi connectivity index (χ1n) is 8.43. The highest BCUT2D eigenvalue weighted by Gasteiger charge is 2.21. The largest absolute Gasteiger partial charge is 0.497 e. The molecule has 2 aromatic carbocycles. The smallest absolute Gasteiger partial charge is 0.330 e. The van der Waals surface area contributed by atoms with Crippen LogP contribution in [0.2, 0.25) is 5.02 Å². The van der Waals surface area contributed by atoms with Crippen LogP contribution >= 0.6 is 11.6 Å². The second-order valence-electron chi connectivity index (χ2n) is 5.92. The predicted octanol–water partition coefficient (Wildman–Crippen LogP) is 3.62. The second-order valence-corrected chi connectivity index (χ2v) is 6.36. The lowest BCUT2D eigenvalue weighted by molar-refractivity contribution is -0.142. The molecule has 1 unspecified atom stereocenters. The Morgan fingerprint density at radius 2 is 1.81 bits per heavy atom. The molecular formula is C20H22ClNO5. The molecular weight excluding hydrogens is 370 g/mol. The number of amides is 1. The van der Waals surface area contributed by atoms with E-state index in [9.17, 15) is 14.7 Å². The van der Waals surface area contributed by atoms with Crippen molar-refractivity contribution < 1.29 is 24.2 Å². The van der Waals surface area contributed by atoms with Gasteiger partial charge in [-0.1, -0.05) is 29.8 Å². The van der Waals surface area contributed by atoms with Gasteiger partial charge >= 0.3 is 5.97 Å². The van der Waals surface area contributed by atoms with Crippen LogP contribution in [-0.4, -0.2) is 31.2 Å². The molecule has 0 aliphatic carbocycles. The number of rotatable bonds is 9. The van der Waals surface area contributed by atoms with Crippen LogP contribution in [0.5, 0.6) is 11.5 Å². The van der Waals surface area contributed by atoms with E-state index in [2.05, 4.69) is 5.32 Å². The Kier molecular flexibility index (Phi) is 7.49. The summed E-state index contributed by atoms with van der Waals surface area (Å²) in [5, 5.41) is 12.4. The van der Waals surface area contributed by atoms with Gasteiger partial charge in [0.05, 0.1) is 14.2 Å². The van der Waals surface area contributed by atoms with Crippen LogP contribution in [0.25, 0.3) is 0 Å². The summed E-state index contributed by atoms with van der Waals surface area (Å²) in [4.78, 5) is 23.7. The molecule has 0 saturated heterocycles. The zero-order valence-corrected chi connectivity index (χ0v) is 16.0. The van der Waals surface area contributed by atoms with Crippen molar-refractivity contribution in [3.63, 3.8) is 0 Å². The van der Waals surface area contributed by atoms with Gasteiger partial charge in [-0.25, -0.2) is 4.79 Å². The van der Waals surface area contributed by atoms with Crippen molar-refractivity contribution in [2.75, 3.05) is 14.2 Å². The van der Waals surface area contributed by atoms with Crippen molar-refractivity contribution in [2.24, 2.45) is 0 Å². The monoisotopic (exact) mass is 391 g/mol. The highest BCUT2D eigenvalue weighted by atomic mass is 35.5. The SMILES string of the molecule is COc1ccc(CCCC(=O)NC(C(=O)O)c2ccc(Cl)cc2)c(OC)c1. The molecule has 0 heterocycles. The molecule has 0 fully saturated rings. The minimum Gasteiger partial charge on any atom is -0.497 e. The molecule has 27 heavy (non-hydrogen) atoms. The molecule has 0 aromatic heterocycles. The summed E-state index contributed by atoms with van der Waals surface area (Å²) < 4.78 is 10.5. The number of methoxy groups -OCH3 is 2. The third-order valence-corrected chi connectivity index (χ3v) is 4.35. The molecule has 0 bridgehead atoms. The van der Waals surface area contributed by atoms with Crippen LogP contribution in [0.1, 0.15) is 30.0 Å². The van der Waals surface area contributed by atoms with Crippen LogP contribution < -0.4 is 14.8 Å². The number of ether oxygens (including phenoxy) is 2. The van der Waals surface area contributed by atoms with Crippen LogP contribution in [0.15, 0.2) is 42.5 Å². The molecule has 2 N–H and O–H groups in total. The maximum Gasteiger partial charge on any atom is 0.330 e. The Bertz CT molecular complexity index is 791. The molecule has 2 aromatic rings. The van der Waals surface area contributed by atoms with E-state index in [1.807, 2.05) is 12.1 Å². The van der Waals surface area contributed by atoms with Crippen LogP contribution in [-0.2, 0) is 16.0 Å². The Morgan fingerprint density at radius 3 is 2.41 bits per heavy atom. The normalized spacial score (nSPS) is 11.5. The van der Waals surface area contributed by atoms with E-state index in [0.717, 1.165) is 5.56 Å². The van der Waals surface area contributed by atoms with Gasteiger partial charge in [0.15, 0.2) is 6.04 Å². The van der Waals surface area contributed by atoms with E-state index in [-0.39, 0.29) is 12.3 Å². The van der Waals surface area contributed by atoms with Crippen LogP contribution in [0.4, 0.5) is 0 Å². The molecule has 1 amide bonds. The summed E-state index contributed by atoms with van der Waals surface area (Å²) in [5.74, 6) is -0.0627. The minimum absolute atomic E-state index is 0.201. The van der Waals surface area contributed by atoms with Gasteiger partial charge in [0, 0.05) is 17.5 Å². The number of benzene rings is 2. The van der Waals surface area contributed by atoms with Crippen molar-refractivity contribution in [2.45, 2.75) is 25.3 Å². The number of aryl methyl sites for hydroxylation is 1.